The molecule has 1 aliphatic rings. The third-order valence-electron chi connectivity index (χ3n) is 4.54. The maximum atomic E-state index is 12.9. The van der Waals surface area contributed by atoms with Crippen LogP contribution < -0.4 is 5.32 Å². The predicted molar refractivity (Wildman–Crippen MR) is 103 cm³/mol. The Bertz CT molecular complexity index is 1020. The van der Waals surface area contributed by atoms with E-state index >= 15 is 0 Å². The van der Waals surface area contributed by atoms with Crippen LogP contribution in [0.3, 0.4) is 0 Å². The highest BCUT2D eigenvalue weighted by atomic mass is 32.1. The van der Waals surface area contributed by atoms with Crippen LogP contribution in [0.25, 0.3) is 21.6 Å². The number of hydrogen-bond acceptors (Lipinski definition) is 6. The second-order valence-corrected chi connectivity index (χ2v) is 7.72. The Morgan fingerprint density at radius 3 is 2.85 bits per heavy atom. The normalized spacial score (nSPS) is 14.9. The molecule has 140 valence electrons. The van der Waals surface area contributed by atoms with Gasteiger partial charge in [0, 0.05) is 13.1 Å². The molecule has 0 aliphatic heterocycles. The van der Waals surface area contributed by atoms with E-state index in [0.717, 1.165) is 17.7 Å². The smallest absolute Gasteiger partial charge is 0.339 e. The highest BCUT2D eigenvalue weighted by molar-refractivity contribution is 7.13. The zero-order chi connectivity index (χ0) is 19.1. The van der Waals surface area contributed by atoms with Gasteiger partial charge in [0.2, 0.25) is 0 Å². The molecule has 0 spiro atoms. The Hall–Kier alpha value is -2.74. The highest BCUT2D eigenvalue weighted by Gasteiger charge is 2.28. The summed E-state index contributed by atoms with van der Waals surface area (Å²) < 4.78 is 7.11. The van der Waals surface area contributed by atoms with Gasteiger partial charge in [-0.15, -0.1) is 11.3 Å². The lowest BCUT2D eigenvalue weighted by molar-refractivity contribution is -0.129. The fourth-order valence-electron chi connectivity index (χ4n) is 2.98. The zero-order valence-corrected chi connectivity index (χ0v) is 16.2. The van der Waals surface area contributed by atoms with Gasteiger partial charge in [-0.05, 0) is 44.2 Å². The molecular weight excluding hydrogens is 364 g/mol. The average Bonchev–Trinajstić information content (AvgIpc) is 3.18. The van der Waals surface area contributed by atoms with Crippen LogP contribution in [0.5, 0.6) is 0 Å². The van der Waals surface area contributed by atoms with E-state index in [2.05, 4.69) is 15.4 Å². The largest absolute Gasteiger partial charge is 0.449 e. The number of aryl methyl sites for hydroxylation is 2. The summed E-state index contributed by atoms with van der Waals surface area (Å²) in [5, 5.41) is 9.85. The van der Waals surface area contributed by atoms with Crippen molar-refractivity contribution in [3.05, 3.63) is 34.8 Å². The lowest BCUT2D eigenvalue weighted by Crippen LogP contribution is -2.37. The molecule has 0 aromatic carbocycles. The first-order chi connectivity index (χ1) is 12.9. The van der Waals surface area contributed by atoms with Crippen molar-refractivity contribution in [3.8, 4) is 10.6 Å². The second kappa shape index (κ2) is 6.77. The van der Waals surface area contributed by atoms with Crippen LogP contribution in [-0.2, 0) is 16.6 Å². The first-order valence-electron chi connectivity index (χ1n) is 8.83. The molecule has 3 heterocycles. The van der Waals surface area contributed by atoms with Gasteiger partial charge in [-0.3, -0.25) is 9.48 Å². The zero-order valence-electron chi connectivity index (χ0n) is 15.4. The van der Waals surface area contributed by atoms with Gasteiger partial charge in [-0.25, -0.2) is 9.78 Å². The highest BCUT2D eigenvalue weighted by Crippen LogP contribution is 2.30. The fraction of sp³-hybridized carbons (Fsp3) is 0.368. The Morgan fingerprint density at radius 1 is 1.41 bits per heavy atom. The minimum atomic E-state index is -0.858. The van der Waals surface area contributed by atoms with E-state index in [1.54, 1.807) is 36.1 Å². The summed E-state index contributed by atoms with van der Waals surface area (Å²) in [6.45, 7) is 3.42. The number of ether oxygens (including phenoxy) is 1. The van der Waals surface area contributed by atoms with Crippen molar-refractivity contribution in [2.75, 3.05) is 0 Å². The van der Waals surface area contributed by atoms with Crippen molar-refractivity contribution in [1.82, 2.24) is 20.1 Å². The van der Waals surface area contributed by atoms with Crippen molar-refractivity contribution >= 4 is 34.2 Å². The summed E-state index contributed by atoms with van der Waals surface area (Å²) in [6.07, 6.45) is 1.11. The standard InChI is InChI=1S/C19H20N4O3S/c1-10-16-13(19(25)26-11(2)18(24)20-12-6-7-12)9-14(15-5-4-8-27-15)21-17(16)23(3)22-10/h4-5,8-9,11-12H,6-7H2,1-3H3,(H,20,24). The number of hydrogen-bond donors (Lipinski definition) is 1. The van der Waals surface area contributed by atoms with Crippen LogP contribution >= 0.6 is 11.3 Å². The molecule has 1 aliphatic carbocycles. The van der Waals surface area contributed by atoms with Gasteiger partial charge < -0.3 is 10.1 Å². The lowest BCUT2D eigenvalue weighted by atomic mass is 10.1. The van der Waals surface area contributed by atoms with Gasteiger partial charge in [0.1, 0.15) is 0 Å². The number of thiophene rings is 1. The maximum absolute atomic E-state index is 12.9. The van der Waals surface area contributed by atoms with E-state index in [9.17, 15) is 9.59 Å². The van der Waals surface area contributed by atoms with Crippen LogP contribution in [0.4, 0.5) is 0 Å². The van der Waals surface area contributed by atoms with Crippen LogP contribution in [-0.4, -0.2) is 38.8 Å². The van der Waals surface area contributed by atoms with Crippen molar-refractivity contribution in [1.29, 1.82) is 0 Å². The Morgan fingerprint density at radius 2 is 2.19 bits per heavy atom. The SMILES string of the molecule is Cc1nn(C)c2nc(-c3cccs3)cc(C(=O)OC(C)C(=O)NC3CC3)c12. The van der Waals surface area contributed by atoms with Crippen LogP contribution in [0.2, 0.25) is 0 Å². The molecule has 1 saturated carbocycles. The summed E-state index contributed by atoms with van der Waals surface area (Å²) in [6, 6.07) is 5.82. The number of amides is 1. The van der Waals surface area contributed by atoms with Crippen LogP contribution in [0.15, 0.2) is 23.6 Å². The molecule has 4 rings (SSSR count). The number of esters is 1. The van der Waals surface area contributed by atoms with Gasteiger partial charge in [0.15, 0.2) is 11.8 Å². The van der Waals surface area contributed by atoms with Gasteiger partial charge >= 0.3 is 5.97 Å². The van der Waals surface area contributed by atoms with E-state index in [1.165, 1.54) is 0 Å². The van der Waals surface area contributed by atoms with Gasteiger partial charge in [-0.1, -0.05) is 6.07 Å². The molecule has 7 nitrogen and oxygen atoms in total. The van der Waals surface area contributed by atoms with Gasteiger partial charge in [-0.2, -0.15) is 5.10 Å². The van der Waals surface area contributed by atoms with Crippen LogP contribution in [0, 0.1) is 6.92 Å². The minimum Gasteiger partial charge on any atom is -0.449 e. The molecule has 0 bridgehead atoms. The molecule has 8 heteroatoms. The molecular formula is C19H20N4O3S. The predicted octanol–water partition coefficient (Wildman–Crippen LogP) is 2.83. The number of fused-ring (bicyclic) bond motifs is 1. The second-order valence-electron chi connectivity index (χ2n) is 6.77. The Balaban J connectivity index is 1.70. The van der Waals surface area contributed by atoms with Crippen LogP contribution in [0.1, 0.15) is 35.8 Å². The molecule has 3 aromatic rings. The van der Waals surface area contributed by atoms with E-state index in [0.29, 0.717) is 28.0 Å². The number of nitrogens with zero attached hydrogens (tertiary/aromatic N) is 3. The topological polar surface area (TPSA) is 86.1 Å². The lowest BCUT2D eigenvalue weighted by Gasteiger charge is -2.14. The third kappa shape index (κ3) is 3.44. The summed E-state index contributed by atoms with van der Waals surface area (Å²) in [5.41, 5.74) is 2.36. The molecule has 3 aromatic heterocycles. The number of aromatic nitrogens is 3. The quantitative estimate of drug-likeness (QED) is 0.684. The first kappa shape index (κ1) is 17.7. The molecule has 1 fully saturated rings. The molecule has 1 N–H and O–H groups in total. The number of nitrogens with one attached hydrogen (secondary N) is 1. The average molecular weight is 384 g/mol. The Labute approximate surface area is 160 Å². The van der Waals surface area contributed by atoms with Crippen molar-refractivity contribution < 1.29 is 14.3 Å². The summed E-state index contributed by atoms with van der Waals surface area (Å²) in [7, 11) is 1.79. The van der Waals surface area contributed by atoms with Gasteiger partial charge in [0.25, 0.3) is 5.91 Å². The van der Waals surface area contributed by atoms with Crippen molar-refractivity contribution in [3.63, 3.8) is 0 Å². The fourth-order valence-corrected chi connectivity index (χ4v) is 3.67. The number of carbonyl (C=O) groups excluding carboxylic acids is 2. The van der Waals surface area contributed by atoms with E-state index in [4.69, 9.17) is 4.74 Å². The van der Waals surface area contributed by atoms with Crippen molar-refractivity contribution in [2.45, 2.75) is 38.8 Å². The van der Waals surface area contributed by atoms with Crippen molar-refractivity contribution in [2.24, 2.45) is 7.05 Å². The monoisotopic (exact) mass is 384 g/mol. The van der Waals surface area contributed by atoms with Gasteiger partial charge in [0.05, 0.1) is 27.2 Å². The molecule has 1 atom stereocenters. The van der Waals surface area contributed by atoms with E-state index < -0.39 is 12.1 Å². The Kier molecular flexibility index (Phi) is 4.43. The molecule has 1 unspecified atom stereocenters. The molecule has 0 saturated heterocycles. The number of rotatable bonds is 5. The molecule has 27 heavy (non-hydrogen) atoms. The first-order valence-corrected chi connectivity index (χ1v) is 9.71. The summed E-state index contributed by atoms with van der Waals surface area (Å²) in [5.74, 6) is -0.813. The minimum absolute atomic E-state index is 0.220. The van der Waals surface area contributed by atoms with E-state index in [1.807, 2.05) is 24.4 Å². The maximum Gasteiger partial charge on any atom is 0.339 e. The molecule has 0 radical (unpaired) electrons. The summed E-state index contributed by atoms with van der Waals surface area (Å²) >= 11 is 1.54. The summed E-state index contributed by atoms with van der Waals surface area (Å²) in [4.78, 5) is 30.6. The third-order valence-corrected chi connectivity index (χ3v) is 5.43. The number of pyridine rings is 1. The van der Waals surface area contributed by atoms with E-state index in [-0.39, 0.29) is 11.9 Å². The molecule has 1 amide bonds. The number of carbonyl (C=O) groups is 2.